The molecule has 2 N–H and O–H groups in total. The first-order valence-electron chi connectivity index (χ1n) is 7.91. The van der Waals surface area contributed by atoms with Crippen molar-refractivity contribution in [2.24, 2.45) is 0 Å². The number of nitrogens with two attached hydrogens (primary N) is 1. The maximum atomic E-state index is 13.0. The molecule has 0 amide bonds. The molecule has 24 heavy (non-hydrogen) atoms. The van der Waals surface area contributed by atoms with Gasteiger partial charge < -0.3 is 5.73 Å². The third-order valence-corrected chi connectivity index (χ3v) is 6.10. The Balaban J connectivity index is 2.94. The summed E-state index contributed by atoms with van der Waals surface area (Å²) in [7, 11) is -3.74. The van der Waals surface area contributed by atoms with E-state index in [1.165, 1.54) is 11.6 Å². The molecule has 0 saturated carbocycles. The molecule has 0 spiro atoms. The Morgan fingerprint density at radius 1 is 1.17 bits per heavy atom. The first kappa shape index (κ1) is 18.6. The summed E-state index contributed by atoms with van der Waals surface area (Å²) in [5.41, 5.74) is 6.25. The molecule has 2 rings (SSSR count). The van der Waals surface area contributed by atoms with Gasteiger partial charge >= 0.3 is 0 Å². The van der Waals surface area contributed by atoms with Crippen LogP contribution in [0.3, 0.4) is 0 Å². The largest absolute Gasteiger partial charge is 0.382 e. The third kappa shape index (κ3) is 2.98. The monoisotopic (exact) mass is 371 g/mol. The molecule has 6 nitrogen and oxygen atoms in total. The standard InChI is InChI=1S/C16H22ClN3O3S/c1-4-11(5-2)19-16(21)14(12-9-7-8-10-13(12)17)15(18)20(19)24(22,23)6-3/h7-11H,4-6,18H2,1-3H3. The highest BCUT2D eigenvalue weighted by molar-refractivity contribution is 7.89. The molecular weight excluding hydrogens is 350 g/mol. The lowest BCUT2D eigenvalue weighted by Crippen LogP contribution is -2.32. The highest BCUT2D eigenvalue weighted by atomic mass is 35.5. The fraction of sp³-hybridized carbons (Fsp3) is 0.438. The number of hydrogen-bond donors (Lipinski definition) is 1. The van der Waals surface area contributed by atoms with E-state index in [4.69, 9.17) is 17.3 Å². The molecule has 8 heteroatoms. The maximum Gasteiger partial charge on any atom is 0.278 e. The Kier molecular flexibility index (Phi) is 5.45. The molecule has 2 aromatic rings. The zero-order chi connectivity index (χ0) is 18.1. The summed E-state index contributed by atoms with van der Waals surface area (Å²) in [5.74, 6) is -0.255. The van der Waals surface area contributed by atoms with Crippen LogP contribution in [-0.4, -0.2) is 22.9 Å². The summed E-state index contributed by atoms with van der Waals surface area (Å²) >= 11 is 6.20. The minimum atomic E-state index is -3.74. The van der Waals surface area contributed by atoms with Gasteiger partial charge in [0.25, 0.3) is 15.6 Å². The molecule has 0 fully saturated rings. The third-order valence-electron chi connectivity index (χ3n) is 4.14. The average Bonchev–Trinajstić information content (AvgIpc) is 2.81. The quantitative estimate of drug-likeness (QED) is 0.845. The molecule has 1 heterocycles. The van der Waals surface area contributed by atoms with E-state index in [9.17, 15) is 13.2 Å². The van der Waals surface area contributed by atoms with Crippen molar-refractivity contribution in [1.29, 1.82) is 0 Å². The molecule has 0 aliphatic carbocycles. The van der Waals surface area contributed by atoms with Crippen molar-refractivity contribution < 1.29 is 8.42 Å². The number of halogens is 1. The normalized spacial score (nSPS) is 12.0. The minimum Gasteiger partial charge on any atom is -0.382 e. The van der Waals surface area contributed by atoms with Crippen LogP contribution in [0.1, 0.15) is 39.7 Å². The first-order chi connectivity index (χ1) is 11.3. The second-order valence-electron chi connectivity index (χ2n) is 5.50. The van der Waals surface area contributed by atoms with E-state index >= 15 is 0 Å². The van der Waals surface area contributed by atoms with E-state index in [2.05, 4.69) is 0 Å². The van der Waals surface area contributed by atoms with Gasteiger partial charge in [-0.25, -0.2) is 13.1 Å². The van der Waals surface area contributed by atoms with Gasteiger partial charge in [-0.2, -0.15) is 4.09 Å². The van der Waals surface area contributed by atoms with Crippen LogP contribution in [0.2, 0.25) is 5.02 Å². The van der Waals surface area contributed by atoms with Crippen molar-refractivity contribution in [3.05, 3.63) is 39.6 Å². The number of rotatable bonds is 6. The second kappa shape index (κ2) is 7.03. The van der Waals surface area contributed by atoms with E-state index in [1.807, 2.05) is 13.8 Å². The molecule has 0 unspecified atom stereocenters. The molecule has 0 aliphatic heterocycles. The number of anilines is 1. The van der Waals surface area contributed by atoms with Crippen LogP contribution in [0, 0.1) is 0 Å². The Hall–Kier alpha value is -1.73. The molecule has 0 atom stereocenters. The minimum absolute atomic E-state index is 0.0955. The van der Waals surface area contributed by atoms with Crippen LogP contribution in [0.5, 0.6) is 0 Å². The number of nitrogens with zero attached hydrogens (tertiary/aromatic N) is 2. The molecule has 1 aromatic heterocycles. The predicted molar refractivity (Wildman–Crippen MR) is 98.0 cm³/mol. The molecule has 0 aliphatic rings. The fourth-order valence-corrected chi connectivity index (χ4v) is 4.13. The molecule has 0 bridgehead atoms. The summed E-state index contributed by atoms with van der Waals surface area (Å²) in [5, 5.41) is 0.351. The highest BCUT2D eigenvalue weighted by Crippen LogP contribution is 2.32. The second-order valence-corrected chi connectivity index (χ2v) is 8.00. The fourth-order valence-electron chi connectivity index (χ4n) is 2.79. The van der Waals surface area contributed by atoms with Crippen LogP contribution in [0.4, 0.5) is 5.82 Å². The zero-order valence-corrected chi connectivity index (χ0v) is 15.6. The van der Waals surface area contributed by atoms with Crippen molar-refractivity contribution in [3.8, 4) is 11.1 Å². The SMILES string of the molecule is CCC(CC)n1c(=O)c(-c2ccccc2Cl)c(N)n1S(=O)(=O)CC. The van der Waals surface area contributed by atoms with Gasteiger partial charge in [-0.05, 0) is 25.8 Å². The first-order valence-corrected chi connectivity index (χ1v) is 9.89. The van der Waals surface area contributed by atoms with E-state index in [0.29, 0.717) is 23.4 Å². The van der Waals surface area contributed by atoms with Crippen molar-refractivity contribution >= 4 is 27.4 Å². The summed E-state index contributed by atoms with van der Waals surface area (Å²) < 4.78 is 27.3. The Morgan fingerprint density at radius 3 is 2.25 bits per heavy atom. The van der Waals surface area contributed by atoms with E-state index < -0.39 is 15.6 Å². The van der Waals surface area contributed by atoms with Crippen molar-refractivity contribution in [2.75, 3.05) is 11.5 Å². The number of aromatic nitrogens is 2. The number of benzene rings is 1. The topological polar surface area (TPSA) is 87.1 Å². The number of nitrogen functional groups attached to an aromatic ring is 1. The molecule has 1 aromatic carbocycles. The average molecular weight is 372 g/mol. The van der Waals surface area contributed by atoms with Crippen molar-refractivity contribution in [2.45, 2.75) is 39.7 Å². The van der Waals surface area contributed by atoms with E-state index in [1.54, 1.807) is 24.3 Å². The molecule has 0 saturated heterocycles. The summed E-state index contributed by atoms with van der Waals surface area (Å²) in [4.78, 5) is 13.0. The maximum absolute atomic E-state index is 13.0. The van der Waals surface area contributed by atoms with Gasteiger partial charge in [-0.3, -0.25) is 4.79 Å². The van der Waals surface area contributed by atoms with Gasteiger partial charge in [-0.1, -0.05) is 43.6 Å². The summed E-state index contributed by atoms with van der Waals surface area (Å²) in [6, 6.07) is 6.50. The molecular formula is C16H22ClN3O3S. The van der Waals surface area contributed by atoms with Crippen LogP contribution in [-0.2, 0) is 10.0 Å². The predicted octanol–water partition coefficient (Wildman–Crippen LogP) is 3.11. The zero-order valence-electron chi connectivity index (χ0n) is 14.0. The van der Waals surface area contributed by atoms with Gasteiger partial charge in [0.2, 0.25) is 0 Å². The molecule has 0 radical (unpaired) electrons. The van der Waals surface area contributed by atoms with Crippen LogP contribution in [0.15, 0.2) is 29.1 Å². The van der Waals surface area contributed by atoms with Gasteiger partial charge in [-0.15, -0.1) is 0 Å². The van der Waals surface area contributed by atoms with Crippen LogP contribution >= 0.6 is 11.6 Å². The smallest absolute Gasteiger partial charge is 0.278 e. The van der Waals surface area contributed by atoms with Gasteiger partial charge in [0.15, 0.2) is 0 Å². The van der Waals surface area contributed by atoms with E-state index in [-0.39, 0.29) is 23.2 Å². The summed E-state index contributed by atoms with van der Waals surface area (Å²) in [6.07, 6.45) is 1.22. The number of hydrogen-bond acceptors (Lipinski definition) is 4. The lowest BCUT2D eigenvalue weighted by Gasteiger charge is -2.19. The summed E-state index contributed by atoms with van der Waals surface area (Å²) in [6.45, 7) is 5.33. The van der Waals surface area contributed by atoms with Gasteiger partial charge in [0.05, 0.1) is 17.4 Å². The van der Waals surface area contributed by atoms with Crippen LogP contribution < -0.4 is 11.3 Å². The Morgan fingerprint density at radius 2 is 1.75 bits per heavy atom. The molecule has 132 valence electrons. The van der Waals surface area contributed by atoms with Crippen molar-refractivity contribution in [3.63, 3.8) is 0 Å². The van der Waals surface area contributed by atoms with Gasteiger partial charge in [0.1, 0.15) is 5.82 Å². The van der Waals surface area contributed by atoms with Crippen molar-refractivity contribution in [1.82, 2.24) is 8.77 Å². The highest BCUT2D eigenvalue weighted by Gasteiger charge is 2.29. The lowest BCUT2D eigenvalue weighted by atomic mass is 10.1. The Bertz CT molecular complexity index is 896. The van der Waals surface area contributed by atoms with Crippen LogP contribution in [0.25, 0.3) is 11.1 Å². The van der Waals surface area contributed by atoms with Gasteiger partial charge in [0, 0.05) is 10.6 Å². The van der Waals surface area contributed by atoms with E-state index in [0.717, 1.165) is 4.09 Å². The lowest BCUT2D eigenvalue weighted by molar-refractivity contribution is 0.397. The Labute approximate surface area is 146 Å².